The second-order valence-electron chi connectivity index (χ2n) is 3.96. The summed E-state index contributed by atoms with van der Waals surface area (Å²) in [5.74, 6) is -0.453. The SMILES string of the molecule is OB(O)c1cc(F)ccc1CSc1cccc(F)c1. The molecule has 0 saturated carbocycles. The summed E-state index contributed by atoms with van der Waals surface area (Å²) >= 11 is 1.34. The summed E-state index contributed by atoms with van der Waals surface area (Å²) in [7, 11) is -1.72. The molecule has 2 N–H and O–H groups in total. The van der Waals surface area contributed by atoms with Gasteiger partial charge in [0.25, 0.3) is 0 Å². The molecular formula is C13H11BF2O2S. The van der Waals surface area contributed by atoms with E-state index in [0.717, 1.165) is 11.0 Å². The highest BCUT2D eigenvalue weighted by atomic mass is 32.2. The molecule has 0 amide bonds. The van der Waals surface area contributed by atoms with Crippen LogP contribution in [0, 0.1) is 11.6 Å². The van der Waals surface area contributed by atoms with Gasteiger partial charge in [0.2, 0.25) is 0 Å². The van der Waals surface area contributed by atoms with Crippen LogP contribution in [-0.2, 0) is 5.75 Å². The van der Waals surface area contributed by atoms with E-state index in [9.17, 15) is 18.8 Å². The van der Waals surface area contributed by atoms with E-state index >= 15 is 0 Å². The van der Waals surface area contributed by atoms with E-state index in [2.05, 4.69) is 0 Å². The summed E-state index contributed by atoms with van der Waals surface area (Å²) in [5.41, 5.74) is 0.731. The number of benzene rings is 2. The van der Waals surface area contributed by atoms with Crippen LogP contribution in [0.15, 0.2) is 47.4 Å². The Labute approximate surface area is 114 Å². The average molecular weight is 280 g/mol. The van der Waals surface area contributed by atoms with Crippen molar-refractivity contribution in [2.24, 2.45) is 0 Å². The van der Waals surface area contributed by atoms with E-state index < -0.39 is 12.9 Å². The maximum absolute atomic E-state index is 13.0. The molecule has 2 aromatic rings. The smallest absolute Gasteiger partial charge is 0.423 e. The molecule has 2 aromatic carbocycles. The predicted octanol–water partition coefficient (Wildman–Crippen LogP) is 1.94. The van der Waals surface area contributed by atoms with Gasteiger partial charge in [0.1, 0.15) is 11.6 Å². The van der Waals surface area contributed by atoms with Gasteiger partial charge in [-0.05, 0) is 41.4 Å². The van der Waals surface area contributed by atoms with Crippen molar-refractivity contribution in [3.8, 4) is 0 Å². The van der Waals surface area contributed by atoms with Gasteiger partial charge in [-0.2, -0.15) is 0 Å². The Morgan fingerprint density at radius 3 is 2.42 bits per heavy atom. The fourth-order valence-corrected chi connectivity index (χ4v) is 2.61. The topological polar surface area (TPSA) is 40.5 Å². The minimum absolute atomic E-state index is 0.129. The van der Waals surface area contributed by atoms with Gasteiger partial charge in [0.15, 0.2) is 0 Å². The summed E-state index contributed by atoms with van der Waals surface area (Å²) in [4.78, 5) is 0.725. The van der Waals surface area contributed by atoms with Crippen molar-refractivity contribution in [2.45, 2.75) is 10.6 Å². The van der Waals surface area contributed by atoms with E-state index in [1.165, 1.54) is 36.0 Å². The third kappa shape index (κ3) is 3.80. The molecule has 0 aliphatic rings. The van der Waals surface area contributed by atoms with Gasteiger partial charge in [-0.25, -0.2) is 8.78 Å². The number of halogens is 2. The first kappa shape index (κ1) is 14.1. The lowest BCUT2D eigenvalue weighted by Gasteiger charge is -2.09. The van der Waals surface area contributed by atoms with Crippen LogP contribution in [0.25, 0.3) is 0 Å². The molecule has 6 heteroatoms. The lowest BCUT2D eigenvalue weighted by Crippen LogP contribution is -2.33. The van der Waals surface area contributed by atoms with Crippen molar-refractivity contribution < 1.29 is 18.8 Å². The van der Waals surface area contributed by atoms with Crippen LogP contribution < -0.4 is 5.46 Å². The van der Waals surface area contributed by atoms with Crippen LogP contribution in [-0.4, -0.2) is 17.2 Å². The third-order valence-electron chi connectivity index (χ3n) is 2.58. The highest BCUT2D eigenvalue weighted by Crippen LogP contribution is 2.22. The van der Waals surface area contributed by atoms with Crippen molar-refractivity contribution in [3.63, 3.8) is 0 Å². The Hall–Kier alpha value is -1.37. The fourth-order valence-electron chi connectivity index (χ4n) is 1.66. The maximum Gasteiger partial charge on any atom is 0.488 e. The summed E-state index contributed by atoms with van der Waals surface area (Å²) in [6.45, 7) is 0. The molecular weight excluding hydrogens is 269 g/mol. The van der Waals surface area contributed by atoms with E-state index in [1.807, 2.05) is 0 Å². The van der Waals surface area contributed by atoms with Crippen LogP contribution in [0.3, 0.4) is 0 Å². The van der Waals surface area contributed by atoms with Gasteiger partial charge < -0.3 is 10.0 Å². The first-order valence-corrected chi connectivity index (χ1v) is 6.57. The van der Waals surface area contributed by atoms with E-state index in [0.29, 0.717) is 11.3 Å². The summed E-state index contributed by atoms with van der Waals surface area (Å²) < 4.78 is 26.1. The molecule has 0 bridgehead atoms. The Kier molecular flexibility index (Phi) is 4.58. The zero-order valence-electron chi connectivity index (χ0n) is 9.88. The second kappa shape index (κ2) is 6.19. The summed E-state index contributed by atoms with van der Waals surface area (Å²) in [6.07, 6.45) is 0. The quantitative estimate of drug-likeness (QED) is 0.664. The molecule has 0 spiro atoms. The molecule has 2 rings (SSSR count). The van der Waals surface area contributed by atoms with Gasteiger partial charge in [0, 0.05) is 10.6 Å². The third-order valence-corrected chi connectivity index (χ3v) is 3.62. The van der Waals surface area contributed by atoms with Crippen molar-refractivity contribution in [1.29, 1.82) is 0 Å². The van der Waals surface area contributed by atoms with Crippen LogP contribution in [0.4, 0.5) is 8.78 Å². The molecule has 2 nitrogen and oxygen atoms in total. The molecule has 0 unspecified atom stereocenters. The minimum Gasteiger partial charge on any atom is -0.423 e. The van der Waals surface area contributed by atoms with E-state index in [1.54, 1.807) is 12.1 Å². The number of hydrogen-bond acceptors (Lipinski definition) is 3. The Balaban J connectivity index is 2.15. The molecule has 0 radical (unpaired) electrons. The molecule has 0 aliphatic heterocycles. The number of rotatable bonds is 4. The molecule has 0 atom stereocenters. The van der Waals surface area contributed by atoms with Crippen LogP contribution in [0.5, 0.6) is 0 Å². The number of thioether (sulfide) groups is 1. The lowest BCUT2D eigenvalue weighted by atomic mass is 9.77. The Bertz CT molecular complexity index is 578. The maximum atomic E-state index is 13.0. The van der Waals surface area contributed by atoms with Gasteiger partial charge in [0.05, 0.1) is 0 Å². The van der Waals surface area contributed by atoms with E-state index in [-0.39, 0.29) is 11.3 Å². The molecule has 0 aromatic heterocycles. The van der Waals surface area contributed by atoms with Crippen molar-refractivity contribution in [2.75, 3.05) is 0 Å². The zero-order chi connectivity index (χ0) is 13.8. The van der Waals surface area contributed by atoms with Gasteiger partial charge in [-0.15, -0.1) is 11.8 Å². The second-order valence-corrected chi connectivity index (χ2v) is 5.01. The highest BCUT2D eigenvalue weighted by molar-refractivity contribution is 7.98. The molecule has 19 heavy (non-hydrogen) atoms. The first-order chi connectivity index (χ1) is 9.06. The number of hydrogen-bond donors (Lipinski definition) is 2. The molecule has 98 valence electrons. The summed E-state index contributed by atoms with van der Waals surface area (Å²) in [6, 6.07) is 9.94. The van der Waals surface area contributed by atoms with Crippen LogP contribution >= 0.6 is 11.8 Å². The minimum atomic E-state index is -1.72. The zero-order valence-corrected chi connectivity index (χ0v) is 10.7. The highest BCUT2D eigenvalue weighted by Gasteiger charge is 2.16. The first-order valence-electron chi connectivity index (χ1n) is 5.59. The van der Waals surface area contributed by atoms with Crippen LogP contribution in [0.2, 0.25) is 0 Å². The summed E-state index contributed by atoms with van der Waals surface area (Å²) in [5, 5.41) is 18.4. The van der Waals surface area contributed by atoms with Crippen molar-refractivity contribution in [1.82, 2.24) is 0 Å². The lowest BCUT2D eigenvalue weighted by molar-refractivity contribution is 0.425. The van der Waals surface area contributed by atoms with Gasteiger partial charge in [-0.1, -0.05) is 12.1 Å². The largest absolute Gasteiger partial charge is 0.488 e. The van der Waals surface area contributed by atoms with Gasteiger partial charge in [-0.3, -0.25) is 0 Å². The van der Waals surface area contributed by atoms with Gasteiger partial charge >= 0.3 is 7.12 Å². The monoisotopic (exact) mass is 280 g/mol. The standard InChI is InChI=1S/C13H11BF2O2S/c15-10-2-1-3-12(6-10)19-8-9-4-5-11(16)7-13(9)14(17)18/h1-7,17-18H,8H2. The molecule has 0 fully saturated rings. The van der Waals surface area contributed by atoms with Crippen molar-refractivity contribution >= 4 is 24.3 Å². The molecule has 0 heterocycles. The normalized spacial score (nSPS) is 10.5. The Morgan fingerprint density at radius 2 is 1.74 bits per heavy atom. The van der Waals surface area contributed by atoms with Crippen molar-refractivity contribution in [3.05, 3.63) is 59.7 Å². The predicted molar refractivity (Wildman–Crippen MR) is 72.2 cm³/mol. The van der Waals surface area contributed by atoms with E-state index in [4.69, 9.17) is 0 Å². The fraction of sp³-hybridized carbons (Fsp3) is 0.0769. The molecule has 0 aliphatic carbocycles. The average Bonchev–Trinajstić information content (AvgIpc) is 2.37. The Morgan fingerprint density at radius 1 is 1.00 bits per heavy atom. The molecule has 0 saturated heterocycles. The van der Waals surface area contributed by atoms with Crippen LogP contribution in [0.1, 0.15) is 5.56 Å².